The summed E-state index contributed by atoms with van der Waals surface area (Å²) >= 11 is 0. The van der Waals surface area contributed by atoms with Crippen molar-refractivity contribution in [3.8, 4) is 11.5 Å². The van der Waals surface area contributed by atoms with Crippen LogP contribution in [-0.4, -0.2) is 47.0 Å². The van der Waals surface area contributed by atoms with Gasteiger partial charge in [0.05, 0.1) is 14.2 Å². The Hall–Kier alpha value is -3.43. The summed E-state index contributed by atoms with van der Waals surface area (Å²) in [5.74, 6) is -0.125. The van der Waals surface area contributed by atoms with Gasteiger partial charge >= 0.3 is 6.01 Å². The van der Waals surface area contributed by atoms with Gasteiger partial charge in [-0.3, -0.25) is 24.6 Å². The Morgan fingerprint density at radius 3 is 2.50 bits per heavy atom. The van der Waals surface area contributed by atoms with E-state index >= 15 is 0 Å². The molecule has 1 aliphatic heterocycles. The number of likely N-dealkylation sites (tertiary alicyclic amines) is 1. The number of aromatic nitrogens is 2. The van der Waals surface area contributed by atoms with Crippen molar-refractivity contribution in [3.05, 3.63) is 29.7 Å². The first-order chi connectivity index (χ1) is 12.5. The number of ether oxygens (including phenoxy) is 2. The van der Waals surface area contributed by atoms with Gasteiger partial charge in [-0.1, -0.05) is 5.10 Å². The van der Waals surface area contributed by atoms with E-state index in [0.717, 1.165) is 4.90 Å². The molecule has 1 aromatic carbocycles. The molecule has 0 spiro atoms. The minimum absolute atomic E-state index is 0.0520. The molecular weight excluding hydrogens is 344 g/mol. The molecule has 136 valence electrons. The number of rotatable bonds is 6. The Balaban J connectivity index is 1.68. The number of anilines is 1. The molecule has 1 fully saturated rings. The SMILES string of the molecule is COc1ccc(C(=O)Nc2nnc(CN3C(=O)CCC3=O)o2)cc1OC. The van der Waals surface area contributed by atoms with Crippen LogP contribution < -0.4 is 14.8 Å². The van der Waals surface area contributed by atoms with E-state index < -0.39 is 5.91 Å². The third-order valence-electron chi connectivity index (χ3n) is 3.78. The highest BCUT2D eigenvalue weighted by molar-refractivity contribution is 6.03. The van der Waals surface area contributed by atoms with E-state index in [1.54, 1.807) is 12.1 Å². The number of carbonyl (C=O) groups is 3. The molecule has 10 heteroatoms. The van der Waals surface area contributed by atoms with Crippen molar-refractivity contribution in [2.24, 2.45) is 0 Å². The molecule has 0 unspecified atom stereocenters. The van der Waals surface area contributed by atoms with Gasteiger partial charge in [0, 0.05) is 18.4 Å². The fourth-order valence-corrected chi connectivity index (χ4v) is 2.45. The predicted octanol–water partition coefficient (Wildman–Crippen LogP) is 0.988. The lowest BCUT2D eigenvalue weighted by Crippen LogP contribution is -2.28. The largest absolute Gasteiger partial charge is 0.493 e. The fraction of sp³-hybridized carbons (Fsp3) is 0.312. The third kappa shape index (κ3) is 3.48. The first kappa shape index (κ1) is 17.4. The van der Waals surface area contributed by atoms with E-state index in [-0.39, 0.29) is 43.1 Å². The molecule has 1 aromatic heterocycles. The van der Waals surface area contributed by atoms with Gasteiger partial charge in [0.1, 0.15) is 6.54 Å². The lowest BCUT2D eigenvalue weighted by Gasteiger charge is -2.10. The molecule has 3 amide bonds. The highest BCUT2D eigenvalue weighted by atomic mass is 16.5. The molecule has 10 nitrogen and oxygen atoms in total. The van der Waals surface area contributed by atoms with E-state index in [1.165, 1.54) is 20.3 Å². The maximum atomic E-state index is 12.3. The summed E-state index contributed by atoms with van der Waals surface area (Å²) in [5, 5.41) is 9.88. The molecule has 1 N–H and O–H groups in total. The van der Waals surface area contributed by atoms with E-state index in [1.807, 2.05) is 0 Å². The van der Waals surface area contributed by atoms with E-state index in [0.29, 0.717) is 17.1 Å². The maximum Gasteiger partial charge on any atom is 0.322 e. The molecule has 0 radical (unpaired) electrons. The Kier molecular flexibility index (Phi) is 4.83. The average molecular weight is 360 g/mol. The minimum Gasteiger partial charge on any atom is -0.493 e. The van der Waals surface area contributed by atoms with Gasteiger partial charge in [0.15, 0.2) is 11.5 Å². The number of methoxy groups -OCH3 is 2. The number of hydrogen-bond acceptors (Lipinski definition) is 8. The predicted molar refractivity (Wildman–Crippen MR) is 86.6 cm³/mol. The van der Waals surface area contributed by atoms with Crippen LogP contribution in [0, 0.1) is 0 Å². The Labute approximate surface area is 148 Å². The van der Waals surface area contributed by atoms with Gasteiger partial charge in [-0.25, -0.2) is 0 Å². The van der Waals surface area contributed by atoms with Crippen LogP contribution in [0.5, 0.6) is 11.5 Å². The Morgan fingerprint density at radius 2 is 1.85 bits per heavy atom. The molecule has 2 heterocycles. The van der Waals surface area contributed by atoms with Crippen LogP contribution in [0.1, 0.15) is 29.1 Å². The number of carbonyl (C=O) groups excluding carboxylic acids is 3. The number of hydrogen-bond donors (Lipinski definition) is 1. The lowest BCUT2D eigenvalue weighted by atomic mass is 10.2. The Morgan fingerprint density at radius 1 is 1.15 bits per heavy atom. The van der Waals surface area contributed by atoms with Gasteiger partial charge in [0.2, 0.25) is 17.7 Å². The van der Waals surface area contributed by atoms with Crippen LogP contribution in [0.25, 0.3) is 0 Å². The Bertz CT molecular complexity index is 846. The molecular formula is C16H16N4O6. The standard InChI is InChI=1S/C16H16N4O6/c1-24-10-4-3-9(7-11(10)25-2)15(23)17-16-19-18-12(26-16)8-20-13(21)5-6-14(20)22/h3-4,7H,5-6,8H2,1-2H3,(H,17,19,23). The molecule has 0 saturated carbocycles. The smallest absolute Gasteiger partial charge is 0.322 e. The first-order valence-electron chi connectivity index (χ1n) is 7.70. The summed E-state index contributed by atoms with van der Waals surface area (Å²) in [7, 11) is 2.96. The van der Waals surface area contributed by atoms with Gasteiger partial charge in [-0.2, -0.15) is 0 Å². The molecule has 3 rings (SSSR count). The molecule has 2 aromatic rings. The summed E-state index contributed by atoms with van der Waals surface area (Å²) in [4.78, 5) is 36.5. The number of nitrogens with one attached hydrogen (secondary N) is 1. The molecule has 0 aliphatic carbocycles. The van der Waals surface area contributed by atoms with Crippen molar-refractivity contribution < 1.29 is 28.3 Å². The van der Waals surface area contributed by atoms with Crippen molar-refractivity contribution in [1.82, 2.24) is 15.1 Å². The monoisotopic (exact) mass is 360 g/mol. The highest BCUT2D eigenvalue weighted by Gasteiger charge is 2.30. The second-order valence-corrected chi connectivity index (χ2v) is 5.40. The molecule has 26 heavy (non-hydrogen) atoms. The summed E-state index contributed by atoms with van der Waals surface area (Å²) in [6.45, 7) is -0.114. The second kappa shape index (κ2) is 7.21. The number of amides is 3. The minimum atomic E-state index is -0.491. The van der Waals surface area contributed by atoms with Crippen molar-refractivity contribution in [1.29, 1.82) is 0 Å². The summed E-state index contributed by atoms with van der Waals surface area (Å²) in [6, 6.07) is 4.51. The summed E-state index contributed by atoms with van der Waals surface area (Å²) in [6.07, 6.45) is 0.353. The zero-order chi connectivity index (χ0) is 18.7. The molecule has 0 bridgehead atoms. The van der Waals surface area contributed by atoms with E-state index in [9.17, 15) is 14.4 Å². The van der Waals surface area contributed by atoms with Crippen LogP contribution in [0.4, 0.5) is 6.01 Å². The van der Waals surface area contributed by atoms with Crippen molar-refractivity contribution in [2.75, 3.05) is 19.5 Å². The summed E-state index contributed by atoms with van der Waals surface area (Å²) < 4.78 is 15.5. The van der Waals surface area contributed by atoms with Gasteiger partial charge in [-0.15, -0.1) is 5.10 Å². The second-order valence-electron chi connectivity index (χ2n) is 5.40. The fourth-order valence-electron chi connectivity index (χ4n) is 2.45. The normalized spacial score (nSPS) is 13.8. The quantitative estimate of drug-likeness (QED) is 0.756. The third-order valence-corrected chi connectivity index (χ3v) is 3.78. The number of imide groups is 1. The van der Waals surface area contributed by atoms with Crippen LogP contribution in [0.2, 0.25) is 0 Å². The topological polar surface area (TPSA) is 124 Å². The van der Waals surface area contributed by atoms with Crippen LogP contribution in [0.15, 0.2) is 22.6 Å². The molecule has 1 saturated heterocycles. The zero-order valence-corrected chi connectivity index (χ0v) is 14.1. The lowest BCUT2D eigenvalue weighted by molar-refractivity contribution is -0.139. The van der Waals surface area contributed by atoms with Crippen LogP contribution >= 0.6 is 0 Å². The van der Waals surface area contributed by atoms with Crippen LogP contribution in [0.3, 0.4) is 0 Å². The zero-order valence-electron chi connectivity index (χ0n) is 14.1. The summed E-state index contributed by atoms with van der Waals surface area (Å²) in [5.41, 5.74) is 0.298. The van der Waals surface area contributed by atoms with Crippen molar-refractivity contribution in [3.63, 3.8) is 0 Å². The van der Waals surface area contributed by atoms with Crippen molar-refractivity contribution >= 4 is 23.7 Å². The number of benzene rings is 1. The van der Waals surface area contributed by atoms with Crippen LogP contribution in [-0.2, 0) is 16.1 Å². The first-order valence-corrected chi connectivity index (χ1v) is 7.70. The number of nitrogens with zero attached hydrogens (tertiary/aromatic N) is 3. The van der Waals surface area contributed by atoms with Crippen molar-refractivity contribution in [2.45, 2.75) is 19.4 Å². The van der Waals surface area contributed by atoms with Gasteiger partial charge in [0.25, 0.3) is 5.91 Å². The van der Waals surface area contributed by atoms with E-state index in [4.69, 9.17) is 13.9 Å². The highest BCUT2D eigenvalue weighted by Crippen LogP contribution is 2.27. The molecule has 1 aliphatic rings. The maximum absolute atomic E-state index is 12.3. The van der Waals surface area contributed by atoms with Gasteiger partial charge < -0.3 is 13.9 Å². The average Bonchev–Trinajstić information content (AvgIpc) is 3.22. The van der Waals surface area contributed by atoms with Gasteiger partial charge in [-0.05, 0) is 18.2 Å². The van der Waals surface area contributed by atoms with E-state index in [2.05, 4.69) is 15.5 Å². The molecule has 0 atom stereocenters.